The highest BCUT2D eigenvalue weighted by atomic mass is 16.3. The van der Waals surface area contributed by atoms with Crippen LogP contribution in [0.1, 0.15) is 18.9 Å². The molecule has 0 radical (unpaired) electrons. The average molecular weight is 234 g/mol. The van der Waals surface area contributed by atoms with Crippen molar-refractivity contribution in [3.63, 3.8) is 0 Å². The van der Waals surface area contributed by atoms with E-state index in [0.717, 1.165) is 25.1 Å². The van der Waals surface area contributed by atoms with E-state index >= 15 is 0 Å². The Kier molecular flexibility index (Phi) is 3.64. The molecule has 1 amide bonds. The standard InChI is InChI=1S/C13H18N2O2/c1-2-12-13(17)15(7-6-14-12)9-10-4-3-5-11(16)8-10/h3-5,8,12,14,16H,2,6-7,9H2,1H3. The number of rotatable bonds is 3. The van der Waals surface area contributed by atoms with E-state index in [1.807, 2.05) is 17.9 Å². The fourth-order valence-corrected chi connectivity index (χ4v) is 2.14. The first-order valence-corrected chi connectivity index (χ1v) is 6.00. The number of hydrogen-bond donors (Lipinski definition) is 2. The van der Waals surface area contributed by atoms with Gasteiger partial charge in [0.1, 0.15) is 5.75 Å². The Balaban J connectivity index is 2.05. The van der Waals surface area contributed by atoms with Gasteiger partial charge in [-0.25, -0.2) is 0 Å². The molecule has 1 saturated heterocycles. The summed E-state index contributed by atoms with van der Waals surface area (Å²) < 4.78 is 0. The third kappa shape index (κ3) is 2.77. The van der Waals surface area contributed by atoms with Gasteiger partial charge in [-0.05, 0) is 24.1 Å². The van der Waals surface area contributed by atoms with Gasteiger partial charge >= 0.3 is 0 Å². The van der Waals surface area contributed by atoms with Crippen LogP contribution < -0.4 is 5.32 Å². The van der Waals surface area contributed by atoms with Crippen LogP contribution in [0.4, 0.5) is 0 Å². The molecule has 1 atom stereocenters. The normalized spacial score (nSPS) is 20.6. The summed E-state index contributed by atoms with van der Waals surface area (Å²) in [5, 5.41) is 12.6. The predicted octanol–water partition coefficient (Wildman–Crippen LogP) is 1.10. The topological polar surface area (TPSA) is 52.6 Å². The van der Waals surface area contributed by atoms with Gasteiger partial charge in [-0.15, -0.1) is 0 Å². The molecule has 0 aliphatic carbocycles. The predicted molar refractivity (Wildman–Crippen MR) is 65.6 cm³/mol. The molecule has 2 N–H and O–H groups in total. The van der Waals surface area contributed by atoms with Crippen LogP contribution >= 0.6 is 0 Å². The highest BCUT2D eigenvalue weighted by Gasteiger charge is 2.26. The van der Waals surface area contributed by atoms with Crippen LogP contribution in [0.25, 0.3) is 0 Å². The van der Waals surface area contributed by atoms with Crippen molar-refractivity contribution in [2.45, 2.75) is 25.9 Å². The monoisotopic (exact) mass is 234 g/mol. The first-order chi connectivity index (χ1) is 8.20. The summed E-state index contributed by atoms with van der Waals surface area (Å²) in [7, 11) is 0. The molecule has 1 aromatic rings. The number of nitrogens with zero attached hydrogens (tertiary/aromatic N) is 1. The van der Waals surface area contributed by atoms with Crippen LogP contribution in [-0.4, -0.2) is 35.0 Å². The Bertz CT molecular complexity index is 406. The maximum absolute atomic E-state index is 12.0. The number of hydrogen-bond acceptors (Lipinski definition) is 3. The van der Waals surface area contributed by atoms with Crippen LogP contribution in [-0.2, 0) is 11.3 Å². The van der Waals surface area contributed by atoms with Crippen LogP contribution in [0.3, 0.4) is 0 Å². The second-order valence-corrected chi connectivity index (χ2v) is 4.34. The minimum Gasteiger partial charge on any atom is -0.508 e. The lowest BCUT2D eigenvalue weighted by atomic mass is 10.1. The SMILES string of the molecule is CCC1NCCN(Cc2cccc(O)c2)C1=O. The summed E-state index contributed by atoms with van der Waals surface area (Å²) in [4.78, 5) is 13.9. The van der Waals surface area contributed by atoms with E-state index in [2.05, 4.69) is 5.32 Å². The number of carbonyl (C=O) groups excluding carboxylic acids is 1. The molecule has 4 heteroatoms. The molecule has 0 saturated carbocycles. The molecule has 1 fully saturated rings. The molecule has 0 bridgehead atoms. The minimum atomic E-state index is -0.0546. The number of piperazine rings is 1. The maximum atomic E-state index is 12.0. The van der Waals surface area contributed by atoms with E-state index in [0.29, 0.717) is 6.54 Å². The largest absolute Gasteiger partial charge is 0.508 e. The third-order valence-electron chi connectivity index (χ3n) is 3.07. The Morgan fingerprint density at radius 1 is 1.53 bits per heavy atom. The average Bonchev–Trinajstić information content (AvgIpc) is 2.32. The van der Waals surface area contributed by atoms with Crippen molar-refractivity contribution in [3.05, 3.63) is 29.8 Å². The molecule has 1 aliphatic heterocycles. The van der Waals surface area contributed by atoms with Gasteiger partial charge in [0, 0.05) is 19.6 Å². The molecule has 1 aromatic carbocycles. The molecule has 0 spiro atoms. The molecule has 1 heterocycles. The molecule has 92 valence electrons. The zero-order chi connectivity index (χ0) is 12.3. The Hall–Kier alpha value is -1.55. The third-order valence-corrected chi connectivity index (χ3v) is 3.07. The summed E-state index contributed by atoms with van der Waals surface area (Å²) in [6.45, 7) is 4.15. The Labute approximate surface area is 101 Å². The maximum Gasteiger partial charge on any atom is 0.240 e. The highest BCUT2D eigenvalue weighted by Crippen LogP contribution is 2.15. The summed E-state index contributed by atoms with van der Waals surface area (Å²) >= 11 is 0. The van der Waals surface area contributed by atoms with Crippen molar-refractivity contribution in [2.24, 2.45) is 0 Å². The fourth-order valence-electron chi connectivity index (χ4n) is 2.14. The smallest absolute Gasteiger partial charge is 0.240 e. The van der Waals surface area contributed by atoms with Crippen molar-refractivity contribution in [3.8, 4) is 5.75 Å². The van der Waals surface area contributed by atoms with E-state index in [4.69, 9.17) is 0 Å². The zero-order valence-electron chi connectivity index (χ0n) is 10.0. The van der Waals surface area contributed by atoms with Crippen molar-refractivity contribution >= 4 is 5.91 Å². The molecular weight excluding hydrogens is 216 g/mol. The lowest BCUT2D eigenvalue weighted by Crippen LogP contribution is -2.54. The molecule has 17 heavy (non-hydrogen) atoms. The second-order valence-electron chi connectivity index (χ2n) is 4.34. The van der Waals surface area contributed by atoms with Crippen LogP contribution in [0, 0.1) is 0 Å². The number of phenols is 1. The lowest BCUT2D eigenvalue weighted by Gasteiger charge is -2.32. The van der Waals surface area contributed by atoms with E-state index < -0.39 is 0 Å². The summed E-state index contributed by atoms with van der Waals surface area (Å²) in [6, 6.07) is 7.01. The van der Waals surface area contributed by atoms with E-state index in [-0.39, 0.29) is 17.7 Å². The summed E-state index contributed by atoms with van der Waals surface area (Å²) in [5.41, 5.74) is 0.968. The number of aromatic hydroxyl groups is 1. The number of amides is 1. The quantitative estimate of drug-likeness (QED) is 0.823. The first kappa shape index (κ1) is 11.9. The van der Waals surface area contributed by atoms with Crippen LogP contribution in [0.5, 0.6) is 5.75 Å². The Morgan fingerprint density at radius 2 is 2.35 bits per heavy atom. The molecule has 4 nitrogen and oxygen atoms in total. The van der Waals surface area contributed by atoms with Gasteiger partial charge in [0.15, 0.2) is 0 Å². The number of benzene rings is 1. The highest BCUT2D eigenvalue weighted by molar-refractivity contribution is 5.82. The number of carbonyl (C=O) groups is 1. The molecule has 1 aliphatic rings. The van der Waals surface area contributed by atoms with Crippen molar-refractivity contribution in [2.75, 3.05) is 13.1 Å². The van der Waals surface area contributed by atoms with Gasteiger partial charge in [0.05, 0.1) is 6.04 Å². The van der Waals surface area contributed by atoms with Crippen LogP contribution in [0.15, 0.2) is 24.3 Å². The summed E-state index contributed by atoms with van der Waals surface area (Å²) in [5.74, 6) is 0.402. The minimum absolute atomic E-state index is 0.0546. The fraction of sp³-hybridized carbons (Fsp3) is 0.462. The van der Waals surface area contributed by atoms with E-state index in [1.165, 1.54) is 0 Å². The Morgan fingerprint density at radius 3 is 3.06 bits per heavy atom. The van der Waals surface area contributed by atoms with Crippen molar-refractivity contribution < 1.29 is 9.90 Å². The van der Waals surface area contributed by atoms with Crippen molar-refractivity contribution in [1.29, 1.82) is 0 Å². The second kappa shape index (κ2) is 5.19. The van der Waals surface area contributed by atoms with Crippen molar-refractivity contribution in [1.82, 2.24) is 10.2 Å². The van der Waals surface area contributed by atoms with Gasteiger partial charge in [0.2, 0.25) is 5.91 Å². The van der Waals surface area contributed by atoms with Gasteiger partial charge in [-0.1, -0.05) is 19.1 Å². The van der Waals surface area contributed by atoms with Gasteiger partial charge in [-0.2, -0.15) is 0 Å². The van der Waals surface area contributed by atoms with Crippen LogP contribution in [0.2, 0.25) is 0 Å². The summed E-state index contributed by atoms with van der Waals surface area (Å²) in [6.07, 6.45) is 0.815. The zero-order valence-corrected chi connectivity index (χ0v) is 10.0. The molecular formula is C13H18N2O2. The molecule has 1 unspecified atom stereocenters. The van der Waals surface area contributed by atoms with E-state index in [9.17, 15) is 9.90 Å². The molecule has 2 rings (SSSR count). The van der Waals surface area contributed by atoms with E-state index in [1.54, 1.807) is 18.2 Å². The van der Waals surface area contributed by atoms with Gasteiger partial charge in [0.25, 0.3) is 0 Å². The van der Waals surface area contributed by atoms with Gasteiger partial charge in [-0.3, -0.25) is 4.79 Å². The molecule has 0 aromatic heterocycles. The lowest BCUT2D eigenvalue weighted by molar-refractivity contribution is -0.136. The first-order valence-electron chi connectivity index (χ1n) is 6.00. The number of nitrogens with one attached hydrogen (secondary N) is 1. The number of phenolic OH excluding ortho intramolecular Hbond substituents is 1. The van der Waals surface area contributed by atoms with Gasteiger partial charge < -0.3 is 15.3 Å².